The minimum atomic E-state index is 0.736. The van der Waals surface area contributed by atoms with Crippen LogP contribution >= 0.6 is 0 Å². The van der Waals surface area contributed by atoms with Gasteiger partial charge in [0.25, 0.3) is 0 Å². The van der Waals surface area contributed by atoms with Crippen LogP contribution in [0.25, 0.3) is 0 Å². The van der Waals surface area contributed by atoms with Gasteiger partial charge in [-0.05, 0) is 44.8 Å². The fourth-order valence-electron chi connectivity index (χ4n) is 2.32. The molecular formula is C15H25N3O. The van der Waals surface area contributed by atoms with Crippen LogP contribution in [0.15, 0.2) is 18.2 Å². The Hall–Kier alpha value is -1.26. The number of benzene rings is 1. The van der Waals surface area contributed by atoms with Gasteiger partial charge in [-0.1, -0.05) is 0 Å². The van der Waals surface area contributed by atoms with Gasteiger partial charge in [0, 0.05) is 38.4 Å². The number of aryl methyl sites for hydroxylation is 1. The third-order valence-corrected chi connectivity index (χ3v) is 3.43. The van der Waals surface area contributed by atoms with E-state index in [1.807, 2.05) is 0 Å². The van der Waals surface area contributed by atoms with Crippen molar-refractivity contribution in [3.8, 4) is 5.75 Å². The lowest BCUT2D eigenvalue weighted by molar-refractivity contribution is 0.261. The zero-order chi connectivity index (χ0) is 13.7. The van der Waals surface area contributed by atoms with Crippen molar-refractivity contribution in [1.82, 2.24) is 10.2 Å². The van der Waals surface area contributed by atoms with Gasteiger partial charge >= 0.3 is 0 Å². The molecule has 0 unspecified atom stereocenters. The molecule has 19 heavy (non-hydrogen) atoms. The van der Waals surface area contributed by atoms with Crippen molar-refractivity contribution in [3.05, 3.63) is 23.8 Å². The first-order valence-electron chi connectivity index (χ1n) is 7.00. The number of ether oxygens (including phenoxy) is 1. The predicted octanol–water partition coefficient (Wildman–Crippen LogP) is 1.35. The van der Waals surface area contributed by atoms with Gasteiger partial charge in [-0.15, -0.1) is 0 Å². The normalized spacial score (nSPS) is 15.9. The van der Waals surface area contributed by atoms with Crippen molar-refractivity contribution in [3.63, 3.8) is 0 Å². The van der Waals surface area contributed by atoms with Gasteiger partial charge < -0.3 is 19.9 Å². The molecule has 4 nitrogen and oxygen atoms in total. The first-order chi connectivity index (χ1) is 9.16. The van der Waals surface area contributed by atoms with Gasteiger partial charge in [0.15, 0.2) is 0 Å². The summed E-state index contributed by atoms with van der Waals surface area (Å²) in [5, 5.41) is 3.38. The first-order valence-corrected chi connectivity index (χ1v) is 7.00. The van der Waals surface area contributed by atoms with E-state index in [2.05, 4.69) is 54.3 Å². The van der Waals surface area contributed by atoms with Gasteiger partial charge in [-0.2, -0.15) is 0 Å². The third kappa shape index (κ3) is 4.11. The van der Waals surface area contributed by atoms with E-state index in [1.165, 1.54) is 11.3 Å². The Morgan fingerprint density at radius 2 is 2.00 bits per heavy atom. The average molecular weight is 263 g/mol. The SMILES string of the molecule is Cc1cc(OCCN(C)C)ccc1N1CCNCC1. The molecule has 0 aliphatic carbocycles. The summed E-state index contributed by atoms with van der Waals surface area (Å²) in [5.74, 6) is 0.971. The molecular weight excluding hydrogens is 238 g/mol. The Morgan fingerprint density at radius 3 is 2.63 bits per heavy atom. The summed E-state index contributed by atoms with van der Waals surface area (Å²) in [6.07, 6.45) is 0. The summed E-state index contributed by atoms with van der Waals surface area (Å²) >= 11 is 0. The summed E-state index contributed by atoms with van der Waals surface area (Å²) in [4.78, 5) is 4.57. The van der Waals surface area contributed by atoms with Crippen LogP contribution in [0.2, 0.25) is 0 Å². The van der Waals surface area contributed by atoms with Crippen LogP contribution in [-0.2, 0) is 0 Å². The van der Waals surface area contributed by atoms with Crippen LogP contribution in [0, 0.1) is 6.92 Å². The van der Waals surface area contributed by atoms with E-state index in [0.29, 0.717) is 0 Å². The standard InChI is InChI=1S/C15H25N3O/c1-13-12-14(19-11-10-17(2)3)4-5-15(13)18-8-6-16-7-9-18/h4-5,12,16H,6-11H2,1-3H3. The Kier molecular flexibility index (Phi) is 5.05. The Balaban J connectivity index is 1.96. The zero-order valence-corrected chi connectivity index (χ0v) is 12.3. The largest absolute Gasteiger partial charge is 0.492 e. The summed E-state index contributed by atoms with van der Waals surface area (Å²) in [6, 6.07) is 6.42. The molecule has 106 valence electrons. The number of hydrogen-bond acceptors (Lipinski definition) is 4. The molecule has 0 aromatic heterocycles. The fourth-order valence-corrected chi connectivity index (χ4v) is 2.32. The molecule has 1 aliphatic rings. The number of nitrogens with one attached hydrogen (secondary N) is 1. The number of anilines is 1. The molecule has 0 atom stereocenters. The number of piperazine rings is 1. The topological polar surface area (TPSA) is 27.7 Å². The molecule has 1 aromatic rings. The molecule has 2 rings (SSSR count). The van der Waals surface area contributed by atoms with Crippen LogP contribution in [-0.4, -0.2) is 58.3 Å². The summed E-state index contributed by atoms with van der Waals surface area (Å²) < 4.78 is 5.77. The smallest absolute Gasteiger partial charge is 0.119 e. The van der Waals surface area contributed by atoms with E-state index in [0.717, 1.165) is 45.1 Å². The molecule has 1 fully saturated rings. The average Bonchev–Trinajstić information content (AvgIpc) is 2.39. The monoisotopic (exact) mass is 263 g/mol. The van der Waals surface area contributed by atoms with Crippen molar-refractivity contribution in [2.75, 3.05) is 58.3 Å². The molecule has 0 radical (unpaired) electrons. The van der Waals surface area contributed by atoms with Crippen LogP contribution in [0.1, 0.15) is 5.56 Å². The molecule has 1 aromatic carbocycles. The maximum absolute atomic E-state index is 5.77. The highest BCUT2D eigenvalue weighted by molar-refractivity contribution is 5.56. The van der Waals surface area contributed by atoms with E-state index in [1.54, 1.807) is 0 Å². The lowest BCUT2D eigenvalue weighted by atomic mass is 10.1. The van der Waals surface area contributed by atoms with E-state index < -0.39 is 0 Å². The molecule has 0 spiro atoms. The lowest BCUT2D eigenvalue weighted by Crippen LogP contribution is -2.43. The van der Waals surface area contributed by atoms with Gasteiger partial charge in [-0.3, -0.25) is 0 Å². The minimum absolute atomic E-state index is 0.736. The van der Waals surface area contributed by atoms with E-state index >= 15 is 0 Å². The predicted molar refractivity (Wildman–Crippen MR) is 80.3 cm³/mol. The molecule has 0 amide bonds. The number of hydrogen-bond donors (Lipinski definition) is 1. The Morgan fingerprint density at radius 1 is 1.26 bits per heavy atom. The van der Waals surface area contributed by atoms with E-state index in [4.69, 9.17) is 4.74 Å². The maximum atomic E-state index is 5.77. The van der Waals surface area contributed by atoms with Crippen molar-refractivity contribution in [1.29, 1.82) is 0 Å². The van der Waals surface area contributed by atoms with Crippen LogP contribution < -0.4 is 15.0 Å². The summed E-state index contributed by atoms with van der Waals surface area (Å²) in [7, 11) is 4.12. The van der Waals surface area contributed by atoms with Crippen molar-refractivity contribution in [2.45, 2.75) is 6.92 Å². The van der Waals surface area contributed by atoms with Gasteiger partial charge in [0.05, 0.1) is 0 Å². The molecule has 1 saturated heterocycles. The fraction of sp³-hybridized carbons (Fsp3) is 0.600. The zero-order valence-electron chi connectivity index (χ0n) is 12.3. The van der Waals surface area contributed by atoms with Crippen molar-refractivity contribution in [2.24, 2.45) is 0 Å². The second-order valence-corrected chi connectivity index (χ2v) is 5.34. The number of rotatable bonds is 5. The lowest BCUT2D eigenvalue weighted by Gasteiger charge is -2.30. The number of nitrogens with zero attached hydrogens (tertiary/aromatic N) is 2. The molecule has 1 aliphatic heterocycles. The van der Waals surface area contributed by atoms with Crippen LogP contribution in [0.3, 0.4) is 0 Å². The second kappa shape index (κ2) is 6.78. The summed E-state index contributed by atoms with van der Waals surface area (Å²) in [5.41, 5.74) is 2.63. The van der Waals surface area contributed by atoms with E-state index in [-0.39, 0.29) is 0 Å². The second-order valence-electron chi connectivity index (χ2n) is 5.34. The molecule has 0 saturated carbocycles. The quantitative estimate of drug-likeness (QED) is 0.868. The van der Waals surface area contributed by atoms with E-state index in [9.17, 15) is 0 Å². The highest BCUT2D eigenvalue weighted by atomic mass is 16.5. The first kappa shape index (κ1) is 14.2. The highest BCUT2D eigenvalue weighted by Crippen LogP contribution is 2.25. The minimum Gasteiger partial charge on any atom is -0.492 e. The third-order valence-electron chi connectivity index (χ3n) is 3.43. The van der Waals surface area contributed by atoms with Crippen LogP contribution in [0.4, 0.5) is 5.69 Å². The maximum Gasteiger partial charge on any atom is 0.119 e. The van der Waals surface area contributed by atoms with Crippen molar-refractivity contribution >= 4 is 5.69 Å². The molecule has 1 heterocycles. The number of likely N-dealkylation sites (N-methyl/N-ethyl adjacent to an activating group) is 1. The highest BCUT2D eigenvalue weighted by Gasteiger charge is 2.12. The van der Waals surface area contributed by atoms with Crippen LogP contribution in [0.5, 0.6) is 5.75 Å². The van der Waals surface area contributed by atoms with Crippen molar-refractivity contribution < 1.29 is 4.74 Å². The van der Waals surface area contributed by atoms with Gasteiger partial charge in [0.1, 0.15) is 12.4 Å². The van der Waals surface area contributed by atoms with Gasteiger partial charge in [-0.25, -0.2) is 0 Å². The molecule has 0 bridgehead atoms. The Bertz CT molecular complexity index is 400. The molecule has 1 N–H and O–H groups in total. The van der Waals surface area contributed by atoms with Gasteiger partial charge in [0.2, 0.25) is 0 Å². The molecule has 4 heteroatoms. The Labute approximate surface area is 116 Å². The summed E-state index contributed by atoms with van der Waals surface area (Å²) in [6.45, 7) is 8.15.